The van der Waals surface area contributed by atoms with Crippen LogP contribution in [0.2, 0.25) is 0 Å². The average molecular weight is 332 g/mol. The first-order valence-corrected chi connectivity index (χ1v) is 8.62. The molecule has 2 amide bonds. The van der Waals surface area contributed by atoms with Crippen molar-refractivity contribution >= 4 is 6.03 Å². The lowest BCUT2D eigenvalue weighted by atomic mass is 9.77. The molecule has 2 aliphatic heterocycles. The standard InChI is InChI=1S/C18H28N4O2/c1-20(2)17(23)22-8-6-18(14-22)13-21(3)10-16(18)12-24-11-15-5-4-7-19-9-15/h4-5,7,9,16H,6,8,10-14H2,1-3H3/t16-,18-/m1/s1. The Balaban J connectivity index is 1.59. The lowest BCUT2D eigenvalue weighted by molar-refractivity contribution is 0.0524. The van der Waals surface area contributed by atoms with Crippen LogP contribution >= 0.6 is 0 Å². The zero-order valence-electron chi connectivity index (χ0n) is 14.9. The topological polar surface area (TPSA) is 48.9 Å². The van der Waals surface area contributed by atoms with Gasteiger partial charge < -0.3 is 19.4 Å². The number of ether oxygens (including phenoxy) is 1. The molecule has 0 radical (unpaired) electrons. The summed E-state index contributed by atoms with van der Waals surface area (Å²) in [7, 11) is 5.81. The third kappa shape index (κ3) is 3.54. The number of rotatable bonds is 4. The van der Waals surface area contributed by atoms with Crippen molar-refractivity contribution in [2.75, 3.05) is 53.9 Å². The van der Waals surface area contributed by atoms with Crippen LogP contribution in [0.15, 0.2) is 24.5 Å². The fraction of sp³-hybridized carbons (Fsp3) is 0.667. The van der Waals surface area contributed by atoms with Gasteiger partial charge in [-0.2, -0.15) is 0 Å². The van der Waals surface area contributed by atoms with Crippen LogP contribution in [-0.2, 0) is 11.3 Å². The van der Waals surface area contributed by atoms with Crippen LogP contribution in [-0.4, -0.2) is 79.6 Å². The smallest absolute Gasteiger partial charge is 0.319 e. The second kappa shape index (κ2) is 7.07. The molecule has 2 aliphatic rings. The summed E-state index contributed by atoms with van der Waals surface area (Å²) >= 11 is 0. The lowest BCUT2D eigenvalue weighted by Gasteiger charge is -2.31. The highest BCUT2D eigenvalue weighted by Crippen LogP contribution is 2.43. The zero-order chi connectivity index (χ0) is 17.2. The molecule has 2 saturated heterocycles. The Morgan fingerprint density at radius 2 is 2.29 bits per heavy atom. The fourth-order valence-corrected chi connectivity index (χ4v) is 4.14. The number of nitrogens with zero attached hydrogens (tertiary/aromatic N) is 4. The minimum Gasteiger partial charge on any atom is -0.376 e. The van der Waals surface area contributed by atoms with Gasteiger partial charge in [0.1, 0.15) is 0 Å². The van der Waals surface area contributed by atoms with Gasteiger partial charge in [-0.3, -0.25) is 4.98 Å². The van der Waals surface area contributed by atoms with Crippen LogP contribution in [0.25, 0.3) is 0 Å². The van der Waals surface area contributed by atoms with Gasteiger partial charge in [-0.1, -0.05) is 6.07 Å². The predicted molar refractivity (Wildman–Crippen MR) is 92.6 cm³/mol. The van der Waals surface area contributed by atoms with Gasteiger partial charge in [0.2, 0.25) is 0 Å². The van der Waals surface area contributed by atoms with Gasteiger partial charge >= 0.3 is 6.03 Å². The summed E-state index contributed by atoms with van der Waals surface area (Å²) in [5.74, 6) is 0.471. The van der Waals surface area contributed by atoms with Gasteiger partial charge in [-0.25, -0.2) is 4.79 Å². The molecule has 6 nitrogen and oxygen atoms in total. The molecule has 1 aromatic heterocycles. The van der Waals surface area contributed by atoms with Crippen molar-refractivity contribution in [3.63, 3.8) is 0 Å². The van der Waals surface area contributed by atoms with Crippen molar-refractivity contribution in [3.05, 3.63) is 30.1 Å². The van der Waals surface area contributed by atoms with Crippen molar-refractivity contribution < 1.29 is 9.53 Å². The van der Waals surface area contributed by atoms with Crippen LogP contribution in [0.1, 0.15) is 12.0 Å². The quantitative estimate of drug-likeness (QED) is 0.839. The lowest BCUT2D eigenvalue weighted by Crippen LogP contribution is -2.41. The van der Waals surface area contributed by atoms with E-state index in [2.05, 4.69) is 16.9 Å². The maximum Gasteiger partial charge on any atom is 0.319 e. The van der Waals surface area contributed by atoms with Crippen molar-refractivity contribution in [1.29, 1.82) is 0 Å². The molecule has 3 heterocycles. The minimum atomic E-state index is 0.122. The fourth-order valence-electron chi connectivity index (χ4n) is 4.14. The van der Waals surface area contributed by atoms with E-state index in [9.17, 15) is 4.79 Å². The Kier molecular flexibility index (Phi) is 5.06. The highest BCUT2D eigenvalue weighted by Gasteiger charge is 2.50. The number of aromatic nitrogens is 1. The van der Waals surface area contributed by atoms with Gasteiger partial charge in [0, 0.05) is 64.0 Å². The van der Waals surface area contributed by atoms with E-state index >= 15 is 0 Å². The monoisotopic (exact) mass is 332 g/mol. The molecule has 0 N–H and O–H groups in total. The number of amides is 2. The van der Waals surface area contributed by atoms with Gasteiger partial charge in [0.15, 0.2) is 0 Å². The van der Waals surface area contributed by atoms with Crippen molar-refractivity contribution in [1.82, 2.24) is 19.7 Å². The summed E-state index contributed by atoms with van der Waals surface area (Å²) < 4.78 is 6.00. The number of carbonyl (C=O) groups is 1. The van der Waals surface area contributed by atoms with E-state index in [1.165, 1.54) is 0 Å². The molecular weight excluding hydrogens is 304 g/mol. The Labute approximate surface area is 144 Å². The van der Waals surface area contributed by atoms with Gasteiger partial charge in [-0.15, -0.1) is 0 Å². The van der Waals surface area contributed by atoms with Gasteiger partial charge in [-0.05, 0) is 25.1 Å². The summed E-state index contributed by atoms with van der Waals surface area (Å²) in [6.07, 6.45) is 4.70. The molecule has 1 aromatic rings. The highest BCUT2D eigenvalue weighted by molar-refractivity contribution is 5.74. The molecule has 2 atom stereocenters. The molecule has 0 aromatic carbocycles. The largest absolute Gasteiger partial charge is 0.376 e. The number of hydrogen-bond acceptors (Lipinski definition) is 4. The molecule has 1 spiro atoms. The van der Waals surface area contributed by atoms with Gasteiger partial charge in [0.25, 0.3) is 0 Å². The summed E-state index contributed by atoms with van der Waals surface area (Å²) in [6, 6.07) is 4.10. The number of likely N-dealkylation sites (tertiary alicyclic amines) is 2. The molecule has 0 saturated carbocycles. The van der Waals surface area contributed by atoms with E-state index in [1.807, 2.05) is 37.3 Å². The predicted octanol–water partition coefficient (Wildman–Crippen LogP) is 1.53. The average Bonchev–Trinajstić information content (AvgIpc) is 3.12. The van der Waals surface area contributed by atoms with E-state index < -0.39 is 0 Å². The van der Waals surface area contributed by atoms with Crippen LogP contribution < -0.4 is 0 Å². The van der Waals surface area contributed by atoms with Crippen LogP contribution in [0.5, 0.6) is 0 Å². The molecule has 3 rings (SSSR count). The molecule has 0 unspecified atom stereocenters. The SMILES string of the molecule is CN1C[C@H](COCc2cccnc2)[C@]2(CCN(C(=O)N(C)C)C2)C1. The molecule has 24 heavy (non-hydrogen) atoms. The van der Waals surface area contributed by atoms with Crippen molar-refractivity contribution in [3.8, 4) is 0 Å². The first kappa shape index (κ1) is 17.2. The molecule has 2 fully saturated rings. The molecule has 0 aliphatic carbocycles. The van der Waals surface area contributed by atoms with Crippen LogP contribution in [0, 0.1) is 11.3 Å². The summed E-state index contributed by atoms with van der Waals surface area (Å²) in [6.45, 7) is 5.12. The maximum absolute atomic E-state index is 12.3. The first-order valence-electron chi connectivity index (χ1n) is 8.62. The Morgan fingerprint density at radius 3 is 3.00 bits per heavy atom. The van der Waals surface area contributed by atoms with Crippen molar-refractivity contribution in [2.45, 2.75) is 13.0 Å². The molecular formula is C18H28N4O2. The third-order valence-electron chi connectivity index (χ3n) is 5.33. The number of pyridine rings is 1. The Hall–Kier alpha value is -1.66. The molecule has 0 bridgehead atoms. The minimum absolute atomic E-state index is 0.122. The van der Waals surface area contributed by atoms with Crippen LogP contribution in [0.4, 0.5) is 4.79 Å². The van der Waals surface area contributed by atoms with E-state index in [0.29, 0.717) is 12.5 Å². The summed E-state index contributed by atoms with van der Waals surface area (Å²) in [5.41, 5.74) is 1.28. The van der Waals surface area contributed by atoms with E-state index in [1.54, 1.807) is 11.1 Å². The van der Waals surface area contributed by atoms with E-state index in [0.717, 1.165) is 44.8 Å². The first-order chi connectivity index (χ1) is 11.5. The van der Waals surface area contributed by atoms with Crippen LogP contribution in [0.3, 0.4) is 0 Å². The van der Waals surface area contributed by atoms with E-state index in [4.69, 9.17) is 4.74 Å². The second-order valence-corrected chi connectivity index (χ2v) is 7.48. The van der Waals surface area contributed by atoms with Crippen molar-refractivity contribution in [2.24, 2.45) is 11.3 Å². The number of carbonyl (C=O) groups excluding carboxylic acids is 1. The molecule has 6 heteroatoms. The zero-order valence-corrected chi connectivity index (χ0v) is 14.9. The second-order valence-electron chi connectivity index (χ2n) is 7.48. The molecule has 132 valence electrons. The Bertz CT molecular complexity index is 565. The number of hydrogen-bond donors (Lipinski definition) is 0. The highest BCUT2D eigenvalue weighted by atomic mass is 16.5. The summed E-state index contributed by atoms with van der Waals surface area (Å²) in [5, 5.41) is 0. The van der Waals surface area contributed by atoms with Gasteiger partial charge in [0.05, 0.1) is 13.2 Å². The summed E-state index contributed by atoms with van der Waals surface area (Å²) in [4.78, 5) is 22.4. The van der Waals surface area contributed by atoms with E-state index in [-0.39, 0.29) is 11.4 Å². The Morgan fingerprint density at radius 1 is 1.46 bits per heavy atom. The third-order valence-corrected chi connectivity index (χ3v) is 5.33. The maximum atomic E-state index is 12.3. The normalized spacial score (nSPS) is 27.1. The number of urea groups is 1.